The zero-order valence-corrected chi connectivity index (χ0v) is 10.5. The zero-order valence-electron chi connectivity index (χ0n) is 9.74. The van der Waals surface area contributed by atoms with Gasteiger partial charge in [-0.05, 0) is 18.2 Å². The SMILES string of the molecule is COC(=O)CCN(C)c1ccc(C#N)cc1Cl. The lowest BCUT2D eigenvalue weighted by molar-refractivity contribution is -0.140. The van der Waals surface area contributed by atoms with Gasteiger partial charge < -0.3 is 9.64 Å². The van der Waals surface area contributed by atoms with Gasteiger partial charge in [0.25, 0.3) is 0 Å². The van der Waals surface area contributed by atoms with Crippen LogP contribution in [0.1, 0.15) is 12.0 Å². The van der Waals surface area contributed by atoms with E-state index in [0.29, 0.717) is 23.6 Å². The van der Waals surface area contributed by atoms with Crippen LogP contribution in [-0.2, 0) is 9.53 Å². The van der Waals surface area contributed by atoms with E-state index >= 15 is 0 Å². The number of nitrogens with zero attached hydrogens (tertiary/aromatic N) is 2. The Morgan fingerprint density at radius 2 is 2.29 bits per heavy atom. The molecule has 4 nitrogen and oxygen atoms in total. The topological polar surface area (TPSA) is 53.3 Å². The Bertz CT molecular complexity index is 454. The van der Waals surface area contributed by atoms with Crippen molar-refractivity contribution in [2.45, 2.75) is 6.42 Å². The molecule has 0 fully saturated rings. The van der Waals surface area contributed by atoms with E-state index in [0.717, 1.165) is 5.69 Å². The first-order chi connectivity index (χ1) is 8.08. The molecule has 0 atom stereocenters. The number of benzene rings is 1. The third-order valence-corrected chi connectivity index (χ3v) is 2.67. The molecule has 5 heteroatoms. The van der Waals surface area contributed by atoms with Gasteiger partial charge in [-0.25, -0.2) is 0 Å². The molecule has 0 aliphatic rings. The fourth-order valence-electron chi connectivity index (χ4n) is 1.37. The van der Waals surface area contributed by atoms with Crippen molar-refractivity contribution >= 4 is 23.3 Å². The predicted octanol–water partition coefficient (Wildman–Crippen LogP) is 2.21. The van der Waals surface area contributed by atoms with Gasteiger partial charge in [-0.15, -0.1) is 0 Å². The van der Waals surface area contributed by atoms with Gasteiger partial charge in [0.15, 0.2) is 0 Å². The summed E-state index contributed by atoms with van der Waals surface area (Å²) in [5.41, 5.74) is 1.30. The summed E-state index contributed by atoms with van der Waals surface area (Å²) >= 11 is 6.04. The number of ether oxygens (including phenoxy) is 1. The molecule has 17 heavy (non-hydrogen) atoms. The van der Waals surface area contributed by atoms with E-state index in [4.69, 9.17) is 16.9 Å². The minimum Gasteiger partial charge on any atom is -0.469 e. The van der Waals surface area contributed by atoms with Crippen molar-refractivity contribution in [3.05, 3.63) is 28.8 Å². The summed E-state index contributed by atoms with van der Waals surface area (Å²) in [6.45, 7) is 0.512. The van der Waals surface area contributed by atoms with E-state index in [2.05, 4.69) is 4.74 Å². The summed E-state index contributed by atoms with van der Waals surface area (Å²) in [7, 11) is 3.19. The number of methoxy groups -OCH3 is 1. The van der Waals surface area contributed by atoms with Crippen LogP contribution in [0.15, 0.2) is 18.2 Å². The monoisotopic (exact) mass is 252 g/mol. The average Bonchev–Trinajstić information content (AvgIpc) is 2.35. The normalized spacial score (nSPS) is 9.53. The van der Waals surface area contributed by atoms with Crippen LogP contribution in [0.5, 0.6) is 0 Å². The Morgan fingerprint density at radius 1 is 1.59 bits per heavy atom. The van der Waals surface area contributed by atoms with Gasteiger partial charge in [0.05, 0.1) is 35.9 Å². The maximum Gasteiger partial charge on any atom is 0.307 e. The van der Waals surface area contributed by atoms with Crippen molar-refractivity contribution in [1.82, 2.24) is 0 Å². The zero-order chi connectivity index (χ0) is 12.8. The average molecular weight is 253 g/mol. The number of halogens is 1. The predicted molar refractivity (Wildman–Crippen MR) is 66.1 cm³/mol. The number of rotatable bonds is 4. The molecule has 0 radical (unpaired) electrons. The van der Waals surface area contributed by atoms with Crippen molar-refractivity contribution < 1.29 is 9.53 Å². The molecule has 1 aromatic carbocycles. The summed E-state index contributed by atoms with van der Waals surface area (Å²) in [6, 6.07) is 7.07. The molecular formula is C12H13ClN2O2. The van der Waals surface area contributed by atoms with Gasteiger partial charge in [0.2, 0.25) is 0 Å². The number of carbonyl (C=O) groups is 1. The van der Waals surface area contributed by atoms with Gasteiger partial charge in [-0.1, -0.05) is 11.6 Å². The van der Waals surface area contributed by atoms with Crippen LogP contribution in [0.4, 0.5) is 5.69 Å². The summed E-state index contributed by atoms with van der Waals surface area (Å²) < 4.78 is 4.56. The molecule has 0 aliphatic carbocycles. The van der Waals surface area contributed by atoms with Crippen molar-refractivity contribution in [3.8, 4) is 6.07 Å². The first-order valence-corrected chi connectivity index (χ1v) is 5.44. The fraction of sp³-hybridized carbons (Fsp3) is 0.333. The number of hydrogen-bond donors (Lipinski definition) is 0. The highest BCUT2D eigenvalue weighted by atomic mass is 35.5. The van der Waals surface area contributed by atoms with Crippen molar-refractivity contribution in [1.29, 1.82) is 5.26 Å². The van der Waals surface area contributed by atoms with Crippen molar-refractivity contribution in [3.63, 3.8) is 0 Å². The molecular weight excluding hydrogens is 240 g/mol. The van der Waals surface area contributed by atoms with E-state index in [-0.39, 0.29) is 5.97 Å². The van der Waals surface area contributed by atoms with Gasteiger partial charge in [-0.3, -0.25) is 4.79 Å². The third kappa shape index (κ3) is 3.65. The maximum absolute atomic E-state index is 11.0. The quantitative estimate of drug-likeness (QED) is 0.771. The maximum atomic E-state index is 11.0. The molecule has 0 saturated carbocycles. The lowest BCUT2D eigenvalue weighted by Crippen LogP contribution is -2.21. The van der Waals surface area contributed by atoms with Gasteiger partial charge in [-0.2, -0.15) is 5.26 Å². The van der Waals surface area contributed by atoms with Gasteiger partial charge >= 0.3 is 5.97 Å². The first kappa shape index (κ1) is 13.3. The van der Waals surface area contributed by atoms with Crippen LogP contribution in [0.2, 0.25) is 5.02 Å². The minimum absolute atomic E-state index is 0.262. The Hall–Kier alpha value is -1.73. The number of hydrogen-bond acceptors (Lipinski definition) is 4. The smallest absolute Gasteiger partial charge is 0.307 e. The van der Waals surface area contributed by atoms with E-state index < -0.39 is 0 Å². The second-order valence-corrected chi connectivity index (χ2v) is 3.93. The molecule has 0 saturated heterocycles. The van der Waals surface area contributed by atoms with E-state index in [1.165, 1.54) is 7.11 Å². The van der Waals surface area contributed by atoms with Crippen molar-refractivity contribution in [2.24, 2.45) is 0 Å². The van der Waals surface area contributed by atoms with Gasteiger partial charge in [0, 0.05) is 13.6 Å². The standard InChI is InChI=1S/C12H13ClN2O2/c1-15(6-5-12(16)17-2)11-4-3-9(8-14)7-10(11)13/h3-4,7H,5-6H2,1-2H3. The molecule has 0 unspecified atom stereocenters. The molecule has 1 aromatic rings. The number of anilines is 1. The number of esters is 1. The molecule has 0 aliphatic heterocycles. The van der Waals surface area contributed by atoms with Crippen LogP contribution < -0.4 is 4.90 Å². The molecule has 0 aromatic heterocycles. The highest BCUT2D eigenvalue weighted by Crippen LogP contribution is 2.25. The Kier molecular flexibility index (Phi) is 4.80. The first-order valence-electron chi connectivity index (χ1n) is 5.06. The second-order valence-electron chi connectivity index (χ2n) is 3.53. The Labute approximate surface area is 105 Å². The van der Waals surface area contributed by atoms with Crippen LogP contribution in [0.3, 0.4) is 0 Å². The molecule has 0 spiro atoms. The lowest BCUT2D eigenvalue weighted by atomic mass is 10.2. The molecule has 1 rings (SSSR count). The highest BCUT2D eigenvalue weighted by Gasteiger charge is 2.09. The summed E-state index contributed by atoms with van der Waals surface area (Å²) in [4.78, 5) is 12.9. The second kappa shape index (κ2) is 6.12. The third-order valence-electron chi connectivity index (χ3n) is 2.37. The molecule has 0 heterocycles. The number of carbonyl (C=O) groups excluding carboxylic acids is 1. The summed E-state index contributed by atoms with van der Waals surface area (Å²) in [5, 5.41) is 9.21. The molecule has 0 amide bonds. The molecule has 0 bridgehead atoms. The minimum atomic E-state index is -0.262. The van der Waals surface area contributed by atoms with Crippen LogP contribution >= 0.6 is 11.6 Å². The van der Waals surface area contributed by atoms with Crippen molar-refractivity contribution in [2.75, 3.05) is 25.6 Å². The highest BCUT2D eigenvalue weighted by molar-refractivity contribution is 6.33. The molecule has 0 N–H and O–H groups in total. The van der Waals surface area contributed by atoms with E-state index in [1.807, 2.05) is 18.0 Å². The fourth-order valence-corrected chi connectivity index (χ4v) is 1.69. The van der Waals surface area contributed by atoms with Crippen LogP contribution in [0, 0.1) is 11.3 Å². The van der Waals surface area contributed by atoms with E-state index in [9.17, 15) is 4.79 Å². The Morgan fingerprint density at radius 3 is 2.82 bits per heavy atom. The largest absolute Gasteiger partial charge is 0.469 e. The Balaban J connectivity index is 2.73. The summed E-state index contributed by atoms with van der Waals surface area (Å²) in [6.07, 6.45) is 0.295. The van der Waals surface area contributed by atoms with Gasteiger partial charge in [0.1, 0.15) is 0 Å². The van der Waals surface area contributed by atoms with Crippen LogP contribution in [-0.4, -0.2) is 26.7 Å². The lowest BCUT2D eigenvalue weighted by Gasteiger charge is -2.19. The van der Waals surface area contributed by atoms with E-state index in [1.54, 1.807) is 18.2 Å². The number of nitriles is 1. The molecule has 90 valence electrons. The summed E-state index contributed by atoms with van der Waals surface area (Å²) in [5.74, 6) is -0.262. The van der Waals surface area contributed by atoms with Crippen LogP contribution in [0.25, 0.3) is 0 Å².